The van der Waals surface area contributed by atoms with E-state index in [4.69, 9.17) is 0 Å². The van der Waals surface area contributed by atoms with Crippen LogP contribution in [0.4, 0.5) is 4.39 Å². The molecule has 1 amide bonds. The van der Waals surface area contributed by atoms with Crippen LogP contribution in [0.15, 0.2) is 24.3 Å². The van der Waals surface area contributed by atoms with E-state index in [1.807, 2.05) is 18.7 Å². The maximum absolute atomic E-state index is 14.0. The number of halogens is 1. The summed E-state index contributed by atoms with van der Waals surface area (Å²) < 4.78 is 38.4. The molecule has 138 valence electrons. The van der Waals surface area contributed by atoms with E-state index in [2.05, 4.69) is 0 Å². The van der Waals surface area contributed by atoms with E-state index in [0.29, 0.717) is 31.6 Å². The van der Waals surface area contributed by atoms with Gasteiger partial charge in [0.15, 0.2) is 9.84 Å². The summed E-state index contributed by atoms with van der Waals surface area (Å²) in [6, 6.07) is 5.99. The number of benzene rings is 1. The number of fused-ring (bicyclic) bond motifs is 1. The summed E-state index contributed by atoms with van der Waals surface area (Å²) in [5, 5.41) is 0. The molecular weight excluding hydrogens is 343 g/mol. The van der Waals surface area contributed by atoms with Gasteiger partial charge in [0, 0.05) is 37.7 Å². The molecule has 5 nitrogen and oxygen atoms in total. The number of hydrogen-bond acceptors (Lipinski definition) is 4. The minimum absolute atomic E-state index is 0.00920. The van der Waals surface area contributed by atoms with Crippen LogP contribution < -0.4 is 0 Å². The predicted molar refractivity (Wildman–Crippen MR) is 94.2 cm³/mol. The number of carbonyl (C=O) groups is 1. The van der Waals surface area contributed by atoms with E-state index < -0.39 is 9.84 Å². The van der Waals surface area contributed by atoms with Gasteiger partial charge in [0.2, 0.25) is 5.91 Å². The third-order valence-electron chi connectivity index (χ3n) is 5.03. The molecule has 2 aliphatic heterocycles. The van der Waals surface area contributed by atoms with Gasteiger partial charge in [-0.15, -0.1) is 0 Å². The Morgan fingerprint density at radius 3 is 2.56 bits per heavy atom. The summed E-state index contributed by atoms with van der Waals surface area (Å²) >= 11 is 0. The van der Waals surface area contributed by atoms with Crippen molar-refractivity contribution < 1.29 is 17.6 Å². The van der Waals surface area contributed by atoms with Crippen LogP contribution in [-0.2, 0) is 21.2 Å². The summed E-state index contributed by atoms with van der Waals surface area (Å²) in [5.74, 6) is 0.0265. The molecule has 0 unspecified atom stereocenters. The van der Waals surface area contributed by atoms with Crippen molar-refractivity contribution in [3.63, 3.8) is 0 Å². The lowest BCUT2D eigenvalue weighted by molar-refractivity contribution is -0.137. The number of sulfone groups is 1. The van der Waals surface area contributed by atoms with Crippen molar-refractivity contribution in [3.05, 3.63) is 35.6 Å². The van der Waals surface area contributed by atoms with Gasteiger partial charge in [-0.25, -0.2) is 12.8 Å². The molecule has 2 aliphatic rings. The van der Waals surface area contributed by atoms with Crippen molar-refractivity contribution in [1.29, 1.82) is 0 Å². The highest BCUT2D eigenvalue weighted by Crippen LogP contribution is 2.29. The summed E-state index contributed by atoms with van der Waals surface area (Å²) in [7, 11) is -3.19. The second kappa shape index (κ2) is 7.03. The monoisotopic (exact) mass is 368 g/mol. The molecule has 7 heteroatoms. The lowest BCUT2D eigenvalue weighted by Gasteiger charge is -2.44. The number of hydrogen-bond donors (Lipinski definition) is 0. The fourth-order valence-electron chi connectivity index (χ4n) is 3.84. The van der Waals surface area contributed by atoms with Gasteiger partial charge < -0.3 is 4.90 Å². The standard InChI is InChI=1S/C18H25FN2O3S/c1-13(2)9-18(22)21-8-7-20(10-14-5-3-4-6-15(14)19)16-11-25(23,24)12-17(16)21/h3-6,13,16-17H,7-12H2,1-2H3/t16-,17+/m0/s1. The van der Waals surface area contributed by atoms with Crippen LogP contribution >= 0.6 is 0 Å². The normalized spacial score (nSPS) is 26.0. The Morgan fingerprint density at radius 1 is 1.20 bits per heavy atom. The first-order chi connectivity index (χ1) is 11.8. The minimum atomic E-state index is -3.19. The molecule has 1 aromatic rings. The summed E-state index contributed by atoms with van der Waals surface area (Å²) in [6.07, 6.45) is 0.427. The highest BCUT2D eigenvalue weighted by Gasteiger charge is 2.47. The van der Waals surface area contributed by atoms with Crippen LogP contribution in [0.3, 0.4) is 0 Å². The topological polar surface area (TPSA) is 57.7 Å². The van der Waals surface area contributed by atoms with Crippen molar-refractivity contribution in [1.82, 2.24) is 9.80 Å². The maximum Gasteiger partial charge on any atom is 0.223 e. The molecule has 2 heterocycles. The molecule has 0 saturated carbocycles. The van der Waals surface area contributed by atoms with Crippen molar-refractivity contribution in [2.45, 2.75) is 38.9 Å². The molecule has 0 aromatic heterocycles. The molecule has 3 rings (SSSR count). The number of piperazine rings is 1. The van der Waals surface area contributed by atoms with E-state index in [9.17, 15) is 17.6 Å². The molecule has 0 N–H and O–H groups in total. The Labute approximate surface area is 148 Å². The molecule has 0 spiro atoms. The molecule has 0 radical (unpaired) electrons. The summed E-state index contributed by atoms with van der Waals surface area (Å²) in [5.41, 5.74) is 0.563. The SMILES string of the molecule is CC(C)CC(=O)N1CCN(Cc2ccccc2F)[C@H]2CS(=O)(=O)C[C@H]21. The Kier molecular flexibility index (Phi) is 5.16. The molecule has 0 aliphatic carbocycles. The van der Waals surface area contributed by atoms with Gasteiger partial charge in [-0.1, -0.05) is 32.0 Å². The third kappa shape index (κ3) is 4.03. The predicted octanol–water partition coefficient (Wildman–Crippen LogP) is 1.68. The second-order valence-electron chi connectivity index (χ2n) is 7.46. The van der Waals surface area contributed by atoms with Gasteiger partial charge in [-0.3, -0.25) is 9.69 Å². The van der Waals surface area contributed by atoms with Gasteiger partial charge >= 0.3 is 0 Å². The average molecular weight is 368 g/mol. The van der Waals surface area contributed by atoms with Gasteiger partial charge in [0.1, 0.15) is 5.82 Å². The van der Waals surface area contributed by atoms with Gasteiger partial charge in [-0.05, 0) is 12.0 Å². The van der Waals surface area contributed by atoms with Crippen LogP contribution in [0.1, 0.15) is 25.8 Å². The maximum atomic E-state index is 14.0. The largest absolute Gasteiger partial charge is 0.336 e. The van der Waals surface area contributed by atoms with Crippen LogP contribution in [0.5, 0.6) is 0 Å². The van der Waals surface area contributed by atoms with Crippen molar-refractivity contribution in [2.75, 3.05) is 24.6 Å². The smallest absolute Gasteiger partial charge is 0.223 e. The zero-order valence-electron chi connectivity index (χ0n) is 14.7. The average Bonchev–Trinajstić information content (AvgIpc) is 2.84. The number of nitrogens with zero attached hydrogens (tertiary/aromatic N) is 2. The fraction of sp³-hybridized carbons (Fsp3) is 0.611. The van der Waals surface area contributed by atoms with Gasteiger partial charge in [-0.2, -0.15) is 0 Å². The van der Waals surface area contributed by atoms with E-state index in [1.54, 1.807) is 23.1 Å². The first kappa shape index (κ1) is 18.3. The second-order valence-corrected chi connectivity index (χ2v) is 9.61. The van der Waals surface area contributed by atoms with Gasteiger partial charge in [0.05, 0.1) is 17.5 Å². The van der Waals surface area contributed by atoms with Crippen LogP contribution in [0.25, 0.3) is 0 Å². The van der Waals surface area contributed by atoms with E-state index in [-0.39, 0.29) is 41.2 Å². The quantitative estimate of drug-likeness (QED) is 0.811. The highest BCUT2D eigenvalue weighted by atomic mass is 32.2. The molecule has 25 heavy (non-hydrogen) atoms. The summed E-state index contributed by atoms with van der Waals surface area (Å²) in [4.78, 5) is 16.3. The Morgan fingerprint density at radius 2 is 1.88 bits per heavy atom. The first-order valence-corrected chi connectivity index (χ1v) is 10.6. The van der Waals surface area contributed by atoms with Crippen LogP contribution in [0.2, 0.25) is 0 Å². The van der Waals surface area contributed by atoms with Crippen molar-refractivity contribution >= 4 is 15.7 Å². The lowest BCUT2D eigenvalue weighted by atomic mass is 10.0. The van der Waals surface area contributed by atoms with Crippen molar-refractivity contribution in [3.8, 4) is 0 Å². The zero-order valence-corrected chi connectivity index (χ0v) is 15.5. The molecule has 0 bridgehead atoms. The number of rotatable bonds is 4. The Hall–Kier alpha value is -1.47. The minimum Gasteiger partial charge on any atom is -0.336 e. The third-order valence-corrected chi connectivity index (χ3v) is 6.72. The Balaban J connectivity index is 1.81. The number of amides is 1. The van der Waals surface area contributed by atoms with Crippen LogP contribution in [0, 0.1) is 11.7 Å². The fourth-order valence-corrected chi connectivity index (χ4v) is 5.85. The van der Waals surface area contributed by atoms with Gasteiger partial charge in [0.25, 0.3) is 0 Å². The summed E-state index contributed by atoms with van der Waals surface area (Å²) in [6.45, 7) is 5.39. The molecule has 2 fully saturated rings. The molecular formula is C18H25FN2O3S. The molecule has 1 aromatic carbocycles. The lowest BCUT2D eigenvalue weighted by Crippen LogP contribution is -2.60. The highest BCUT2D eigenvalue weighted by molar-refractivity contribution is 7.91. The Bertz CT molecular complexity index is 750. The zero-order chi connectivity index (χ0) is 18.2. The first-order valence-electron chi connectivity index (χ1n) is 8.74. The van der Waals surface area contributed by atoms with Crippen LogP contribution in [-0.4, -0.2) is 60.8 Å². The molecule has 2 saturated heterocycles. The van der Waals surface area contributed by atoms with Crippen molar-refractivity contribution in [2.24, 2.45) is 5.92 Å². The van der Waals surface area contributed by atoms with E-state index in [1.165, 1.54) is 6.07 Å². The molecule has 2 atom stereocenters. The number of carbonyl (C=O) groups excluding carboxylic acids is 1. The van der Waals surface area contributed by atoms with E-state index >= 15 is 0 Å². The van der Waals surface area contributed by atoms with E-state index in [0.717, 1.165) is 0 Å².